The van der Waals surface area contributed by atoms with Crippen LogP contribution in [0.25, 0.3) is 0 Å². The Morgan fingerprint density at radius 3 is 1.83 bits per heavy atom. The molecule has 292 valence electrons. The number of amidine groups is 2. The first kappa shape index (κ1) is 38.4. The molecule has 4 aliphatic heterocycles. The van der Waals surface area contributed by atoms with E-state index in [0.717, 1.165) is 53.4 Å². The van der Waals surface area contributed by atoms with Gasteiger partial charge in [-0.05, 0) is 130 Å². The predicted molar refractivity (Wildman–Crippen MR) is 217 cm³/mol. The third kappa shape index (κ3) is 7.78. The zero-order chi connectivity index (χ0) is 38.6. The molecule has 0 saturated heterocycles. The summed E-state index contributed by atoms with van der Waals surface area (Å²) in [5.74, 6) is 3.14. The normalized spacial score (nSPS) is 23.3. The van der Waals surface area contributed by atoms with Gasteiger partial charge < -0.3 is 24.0 Å². The number of ether oxygens (including phenoxy) is 3. The number of fused-ring (bicyclic) bond motifs is 6. The van der Waals surface area contributed by atoms with Crippen LogP contribution in [0.1, 0.15) is 88.5 Å². The molecule has 12 heteroatoms. The van der Waals surface area contributed by atoms with Gasteiger partial charge in [0.25, 0.3) is 11.8 Å². The maximum Gasteiger partial charge on any atom is 0.267 e. The summed E-state index contributed by atoms with van der Waals surface area (Å²) >= 11 is 0. The molecule has 11 nitrogen and oxygen atoms in total. The first-order valence-corrected chi connectivity index (χ1v) is 23.7. The van der Waals surface area contributed by atoms with Crippen molar-refractivity contribution in [3.8, 4) is 11.5 Å². The third-order valence-electron chi connectivity index (χ3n) is 12.5. The van der Waals surface area contributed by atoms with Crippen LogP contribution in [0.2, 0.25) is 25.7 Å². The number of aryl methyl sites for hydroxylation is 2. The molecule has 1 unspecified atom stereocenters. The van der Waals surface area contributed by atoms with Crippen LogP contribution in [0.15, 0.2) is 34.5 Å². The van der Waals surface area contributed by atoms with Crippen LogP contribution in [-0.4, -0.2) is 75.2 Å². The molecule has 0 spiro atoms. The van der Waals surface area contributed by atoms with E-state index >= 15 is 0 Å². The fourth-order valence-corrected chi connectivity index (χ4v) is 9.20. The Balaban J connectivity index is 0.000000174. The summed E-state index contributed by atoms with van der Waals surface area (Å²) in [6, 6.07) is 9.16. The predicted octanol–water partition coefficient (Wildman–Crippen LogP) is 7.54. The fourth-order valence-electron chi connectivity index (χ4n) is 8.45. The summed E-state index contributed by atoms with van der Waals surface area (Å²) in [4.78, 5) is 29.2. The quantitative estimate of drug-likeness (QED) is 0.208. The number of hydrogen-bond acceptors (Lipinski definition) is 9. The number of carbonyl (C=O) groups is 2. The molecule has 4 heterocycles. The molecule has 2 fully saturated rings. The molecule has 0 radical (unpaired) electrons. The van der Waals surface area contributed by atoms with Crippen molar-refractivity contribution in [3.05, 3.63) is 46.5 Å². The van der Waals surface area contributed by atoms with Gasteiger partial charge in [0.2, 0.25) is 0 Å². The highest BCUT2D eigenvalue weighted by atomic mass is 28.3. The summed E-state index contributed by atoms with van der Waals surface area (Å²) in [6.45, 7) is 21.5. The molecule has 0 aromatic heterocycles. The van der Waals surface area contributed by atoms with Gasteiger partial charge in [0.15, 0.2) is 11.7 Å². The summed E-state index contributed by atoms with van der Waals surface area (Å²) in [7, 11) is -1.16. The number of nitrogens with zero attached hydrogens (tertiary/aromatic N) is 5. The average molecular weight is 757 g/mol. The van der Waals surface area contributed by atoms with E-state index in [1.165, 1.54) is 65.8 Å². The van der Waals surface area contributed by atoms with Gasteiger partial charge in [-0.2, -0.15) is 10.2 Å². The number of nitrogens with one attached hydrogen (secondary N) is 1. The van der Waals surface area contributed by atoms with E-state index in [-0.39, 0.29) is 30.6 Å². The Morgan fingerprint density at radius 1 is 0.815 bits per heavy atom. The lowest BCUT2D eigenvalue weighted by molar-refractivity contribution is -0.138. The Bertz CT molecular complexity index is 1860. The summed E-state index contributed by atoms with van der Waals surface area (Å²) in [5.41, 5.74) is 10.6. The maximum absolute atomic E-state index is 13.1. The molecule has 2 saturated carbocycles. The number of rotatable bonds is 9. The molecule has 2 aromatic rings. The SMILES string of the molecule is Cc1cc2c(cc1CC1(C)CCC1)N1C(=NN(COCC[Si](C)(C)C)C(=O)C1C)CO2.Cc1cc2c(cc1CC1(C)CCC1)N1C(=NNC(=O)[C@H]1C)CO2. The first-order valence-electron chi connectivity index (χ1n) is 20.0. The summed E-state index contributed by atoms with van der Waals surface area (Å²) in [6.07, 6.45) is 10.0. The van der Waals surface area contributed by atoms with Crippen molar-refractivity contribution in [1.29, 1.82) is 0 Å². The van der Waals surface area contributed by atoms with Gasteiger partial charge in [0.1, 0.15) is 43.5 Å². The number of hydrogen-bond donors (Lipinski definition) is 1. The highest BCUT2D eigenvalue weighted by Crippen LogP contribution is 2.47. The second-order valence-corrected chi connectivity index (χ2v) is 24.1. The molecule has 8 rings (SSSR count). The van der Waals surface area contributed by atoms with Crippen molar-refractivity contribution in [1.82, 2.24) is 10.4 Å². The van der Waals surface area contributed by atoms with Gasteiger partial charge in [-0.1, -0.05) is 46.3 Å². The molecular formula is C42H60N6O5Si. The molecule has 54 heavy (non-hydrogen) atoms. The van der Waals surface area contributed by atoms with Crippen molar-refractivity contribution in [3.63, 3.8) is 0 Å². The van der Waals surface area contributed by atoms with E-state index in [0.29, 0.717) is 30.7 Å². The molecule has 6 aliphatic rings. The van der Waals surface area contributed by atoms with Crippen molar-refractivity contribution < 1.29 is 23.8 Å². The lowest BCUT2D eigenvalue weighted by Crippen LogP contribution is -2.57. The van der Waals surface area contributed by atoms with Gasteiger partial charge in [0, 0.05) is 14.7 Å². The van der Waals surface area contributed by atoms with Gasteiger partial charge in [-0.25, -0.2) is 10.4 Å². The average Bonchev–Trinajstić information content (AvgIpc) is 3.09. The number of benzene rings is 2. The highest BCUT2D eigenvalue weighted by Gasteiger charge is 2.41. The lowest BCUT2D eigenvalue weighted by atomic mass is 9.66. The van der Waals surface area contributed by atoms with Crippen LogP contribution in [0.3, 0.4) is 0 Å². The summed E-state index contributed by atoms with van der Waals surface area (Å²) < 4.78 is 17.7. The van der Waals surface area contributed by atoms with Crippen LogP contribution >= 0.6 is 0 Å². The molecular weight excluding hydrogens is 697 g/mol. The molecule has 2 atom stereocenters. The third-order valence-corrected chi connectivity index (χ3v) is 14.2. The van der Waals surface area contributed by atoms with Crippen LogP contribution in [-0.2, 0) is 27.2 Å². The van der Waals surface area contributed by atoms with Crippen molar-refractivity contribution in [2.24, 2.45) is 21.0 Å². The molecule has 2 aliphatic carbocycles. The van der Waals surface area contributed by atoms with Crippen LogP contribution in [0, 0.1) is 24.7 Å². The second-order valence-electron chi connectivity index (χ2n) is 18.5. The number of hydrazone groups is 2. The molecule has 2 aromatic carbocycles. The lowest BCUT2D eigenvalue weighted by Gasteiger charge is -2.42. The number of anilines is 2. The molecule has 0 bridgehead atoms. The Labute approximate surface area is 322 Å². The molecule has 1 N–H and O–H groups in total. The Morgan fingerprint density at radius 2 is 1.33 bits per heavy atom. The maximum atomic E-state index is 13.1. The van der Waals surface area contributed by atoms with E-state index < -0.39 is 8.07 Å². The largest absolute Gasteiger partial charge is 0.483 e. The van der Waals surface area contributed by atoms with Crippen LogP contribution < -0.4 is 24.7 Å². The molecule has 2 amide bonds. The topological polar surface area (TPSA) is 108 Å². The summed E-state index contributed by atoms with van der Waals surface area (Å²) in [5, 5.41) is 10.2. The van der Waals surface area contributed by atoms with E-state index in [4.69, 9.17) is 14.2 Å². The van der Waals surface area contributed by atoms with Crippen molar-refractivity contribution in [2.75, 3.05) is 36.4 Å². The van der Waals surface area contributed by atoms with Crippen molar-refractivity contribution in [2.45, 2.75) is 131 Å². The van der Waals surface area contributed by atoms with Gasteiger partial charge in [0.05, 0.1) is 11.4 Å². The minimum atomic E-state index is -1.16. The monoisotopic (exact) mass is 756 g/mol. The van der Waals surface area contributed by atoms with E-state index in [9.17, 15) is 9.59 Å². The second kappa shape index (κ2) is 14.6. The van der Waals surface area contributed by atoms with E-state index in [2.05, 4.69) is 92.1 Å². The zero-order valence-electron chi connectivity index (χ0n) is 33.9. The van der Waals surface area contributed by atoms with Gasteiger partial charge in [-0.3, -0.25) is 9.59 Å². The van der Waals surface area contributed by atoms with Crippen LogP contribution in [0.5, 0.6) is 11.5 Å². The zero-order valence-corrected chi connectivity index (χ0v) is 34.9. The minimum absolute atomic E-state index is 0.0299. The van der Waals surface area contributed by atoms with Gasteiger partial charge >= 0.3 is 0 Å². The highest BCUT2D eigenvalue weighted by molar-refractivity contribution is 6.76. The van der Waals surface area contributed by atoms with Crippen molar-refractivity contribution >= 4 is 42.9 Å². The number of amides is 2. The van der Waals surface area contributed by atoms with Gasteiger partial charge in [-0.15, -0.1) is 0 Å². The van der Waals surface area contributed by atoms with E-state index in [1.807, 2.05) is 18.7 Å². The Hall–Kier alpha value is -3.90. The fraction of sp³-hybridized carbons (Fsp3) is 0.619. The standard InChI is InChI=1S/C24H37N3O3Si.C18H23N3O2/c1-17-12-21-20(13-19(17)14-24(3)8-7-9-24)27-18(2)23(28)26(25-22(27)15-30-21)16-29-10-11-31(4,5)6;1-11-7-15-14(8-13(11)9-18(3)5-4-6-18)21-12(2)17(22)20-19-16(21)10-23-15/h12-13,18H,7-11,14-16H2,1-6H3;7-8,12H,4-6,9-10H2,1-3H3,(H,20,22)/t;12-/m.1/s1. The number of carbonyl (C=O) groups excluding carboxylic acids is 2. The van der Waals surface area contributed by atoms with Crippen LogP contribution in [0.4, 0.5) is 11.4 Å². The van der Waals surface area contributed by atoms with E-state index in [1.54, 1.807) is 0 Å². The Kier molecular flexibility index (Phi) is 10.4. The minimum Gasteiger partial charge on any atom is -0.483 e. The smallest absolute Gasteiger partial charge is 0.267 e. The first-order chi connectivity index (χ1) is 25.5.